The average molecular weight is 252 g/mol. The molecule has 1 atom stereocenters. The summed E-state index contributed by atoms with van der Waals surface area (Å²) in [5, 5.41) is 21.2. The summed E-state index contributed by atoms with van der Waals surface area (Å²) < 4.78 is 13.9. The van der Waals surface area contributed by atoms with Crippen molar-refractivity contribution < 1.29 is 14.6 Å². The van der Waals surface area contributed by atoms with Gasteiger partial charge in [-0.25, -0.2) is 4.39 Å². The first-order valence-electron chi connectivity index (χ1n) is 6.04. The van der Waals surface area contributed by atoms with Crippen LogP contribution in [0.3, 0.4) is 0 Å². The molecule has 0 amide bonds. The number of aliphatic hydroxyl groups excluding tert-OH is 2. The zero-order chi connectivity index (χ0) is 13.0. The van der Waals surface area contributed by atoms with E-state index in [4.69, 9.17) is 5.11 Å². The van der Waals surface area contributed by atoms with Crippen LogP contribution in [0.2, 0.25) is 0 Å². The molecule has 0 unspecified atom stereocenters. The van der Waals surface area contributed by atoms with Crippen molar-refractivity contribution in [3.8, 4) is 0 Å². The molecule has 0 radical (unpaired) electrons. The molecule has 0 fully saturated rings. The van der Waals surface area contributed by atoms with Crippen LogP contribution in [0.4, 0.5) is 4.39 Å². The maximum absolute atomic E-state index is 13.9. The Hall–Kier alpha value is -1.30. The normalized spacial score (nSPS) is 17.4. The van der Waals surface area contributed by atoms with Crippen molar-refractivity contribution >= 4 is 5.57 Å². The van der Waals surface area contributed by atoms with Crippen LogP contribution in [0.1, 0.15) is 17.7 Å². The molecule has 0 bridgehead atoms. The molecule has 1 aliphatic heterocycles. The summed E-state index contributed by atoms with van der Waals surface area (Å²) in [5.41, 5.74) is 1.89. The van der Waals surface area contributed by atoms with Gasteiger partial charge in [-0.2, -0.15) is 0 Å². The summed E-state index contributed by atoms with van der Waals surface area (Å²) in [6, 6.07) is 1.38. The second-order valence-corrected chi connectivity index (χ2v) is 4.40. The summed E-state index contributed by atoms with van der Waals surface area (Å²) in [7, 11) is 0. The Balaban J connectivity index is 2.17. The molecule has 0 aliphatic carbocycles. The van der Waals surface area contributed by atoms with Crippen molar-refractivity contribution in [2.75, 3.05) is 19.7 Å². The Labute approximate surface area is 105 Å². The van der Waals surface area contributed by atoms with E-state index < -0.39 is 6.10 Å². The Morgan fingerprint density at radius 1 is 1.50 bits per heavy atom. The molecule has 2 heterocycles. The molecule has 0 saturated carbocycles. The Morgan fingerprint density at radius 3 is 2.94 bits per heavy atom. The van der Waals surface area contributed by atoms with Gasteiger partial charge in [0.05, 0.1) is 12.7 Å². The summed E-state index contributed by atoms with van der Waals surface area (Å²) in [6.07, 6.45) is 3.61. The number of halogens is 1. The van der Waals surface area contributed by atoms with Gasteiger partial charge in [0.2, 0.25) is 0 Å². The number of pyridine rings is 1. The van der Waals surface area contributed by atoms with Crippen LogP contribution in [0.15, 0.2) is 18.3 Å². The van der Waals surface area contributed by atoms with Gasteiger partial charge in [-0.1, -0.05) is 6.08 Å². The Kier molecular flexibility index (Phi) is 4.41. The van der Waals surface area contributed by atoms with Crippen molar-refractivity contribution in [3.63, 3.8) is 0 Å². The predicted octanol–water partition coefficient (Wildman–Crippen LogP) is 0.493. The van der Waals surface area contributed by atoms with E-state index in [2.05, 4.69) is 10.3 Å². The Bertz CT molecular complexity index is 449. The lowest BCUT2D eigenvalue weighted by Gasteiger charge is -2.14. The lowest BCUT2D eigenvalue weighted by molar-refractivity contribution is 0.0954. The highest BCUT2D eigenvalue weighted by molar-refractivity contribution is 5.64. The molecule has 0 saturated heterocycles. The second-order valence-electron chi connectivity index (χ2n) is 4.40. The molecule has 0 spiro atoms. The smallest absolute Gasteiger partial charge is 0.149 e. The minimum absolute atomic E-state index is 0.210. The molecule has 1 aliphatic rings. The van der Waals surface area contributed by atoms with Crippen LogP contribution in [-0.4, -0.2) is 41.0 Å². The third-order valence-electron chi connectivity index (χ3n) is 2.95. The van der Waals surface area contributed by atoms with E-state index in [1.54, 1.807) is 6.20 Å². The minimum Gasteiger partial charge on any atom is -0.394 e. The fourth-order valence-electron chi connectivity index (χ4n) is 2.00. The highest BCUT2D eigenvalue weighted by Crippen LogP contribution is 2.21. The predicted molar refractivity (Wildman–Crippen MR) is 66.5 cm³/mol. The van der Waals surface area contributed by atoms with Gasteiger partial charge >= 0.3 is 0 Å². The summed E-state index contributed by atoms with van der Waals surface area (Å²) >= 11 is 0. The molecule has 1 aromatic heterocycles. The van der Waals surface area contributed by atoms with E-state index in [1.165, 1.54) is 6.07 Å². The van der Waals surface area contributed by atoms with Gasteiger partial charge in [0.15, 0.2) is 0 Å². The number of nitrogens with zero attached hydrogens (tertiary/aromatic N) is 1. The molecule has 0 aromatic carbocycles. The first-order valence-corrected chi connectivity index (χ1v) is 6.04. The number of nitrogens with one attached hydrogen (secondary N) is 1. The fraction of sp³-hybridized carbons (Fsp3) is 0.462. The van der Waals surface area contributed by atoms with Crippen molar-refractivity contribution in [3.05, 3.63) is 35.4 Å². The van der Waals surface area contributed by atoms with E-state index in [9.17, 15) is 9.50 Å². The van der Waals surface area contributed by atoms with Crippen molar-refractivity contribution in [2.45, 2.75) is 18.9 Å². The van der Waals surface area contributed by atoms with Gasteiger partial charge in [-0.15, -0.1) is 0 Å². The van der Waals surface area contributed by atoms with E-state index >= 15 is 0 Å². The van der Waals surface area contributed by atoms with Crippen molar-refractivity contribution in [2.24, 2.45) is 0 Å². The maximum Gasteiger partial charge on any atom is 0.149 e. The highest BCUT2D eigenvalue weighted by Gasteiger charge is 2.13. The van der Waals surface area contributed by atoms with Crippen LogP contribution >= 0.6 is 0 Å². The van der Waals surface area contributed by atoms with Gasteiger partial charge < -0.3 is 15.5 Å². The molecule has 1 aromatic rings. The number of aromatic nitrogens is 1. The number of hydrogen-bond donors (Lipinski definition) is 3. The van der Waals surface area contributed by atoms with Crippen LogP contribution < -0.4 is 5.32 Å². The van der Waals surface area contributed by atoms with Crippen LogP contribution in [0.25, 0.3) is 5.57 Å². The third-order valence-corrected chi connectivity index (χ3v) is 2.95. The quantitative estimate of drug-likeness (QED) is 0.730. The SMILES string of the molecule is OC[C@@H](O)Cc1cnc(C2=CCNCC2)c(F)c1. The lowest BCUT2D eigenvalue weighted by atomic mass is 10.0. The molecular weight excluding hydrogens is 235 g/mol. The van der Waals surface area contributed by atoms with Crippen molar-refractivity contribution in [1.29, 1.82) is 0 Å². The lowest BCUT2D eigenvalue weighted by Crippen LogP contribution is -2.21. The maximum atomic E-state index is 13.9. The van der Waals surface area contributed by atoms with Crippen LogP contribution in [-0.2, 0) is 6.42 Å². The standard InChI is InChI=1S/C13H17FN2O2/c14-12-6-9(5-11(18)8-17)7-16-13(12)10-1-3-15-4-2-10/h1,6-7,11,15,17-18H,2-5,8H2/t11-/m0/s1. The van der Waals surface area contributed by atoms with E-state index in [0.29, 0.717) is 11.3 Å². The first-order chi connectivity index (χ1) is 8.70. The summed E-state index contributed by atoms with van der Waals surface area (Å²) in [4.78, 5) is 4.13. The molecule has 5 heteroatoms. The van der Waals surface area contributed by atoms with Gasteiger partial charge in [0.25, 0.3) is 0 Å². The number of aliphatic hydroxyl groups is 2. The fourth-order valence-corrected chi connectivity index (χ4v) is 2.00. The summed E-state index contributed by atoms with van der Waals surface area (Å²) in [6.45, 7) is 1.24. The van der Waals surface area contributed by atoms with Crippen LogP contribution in [0.5, 0.6) is 0 Å². The topological polar surface area (TPSA) is 65.4 Å². The average Bonchev–Trinajstić information content (AvgIpc) is 2.40. The summed E-state index contributed by atoms with van der Waals surface area (Å²) in [5.74, 6) is -0.370. The molecule has 4 nitrogen and oxygen atoms in total. The third kappa shape index (κ3) is 3.13. The van der Waals surface area contributed by atoms with Gasteiger partial charge in [0.1, 0.15) is 11.5 Å². The number of hydrogen-bond acceptors (Lipinski definition) is 4. The zero-order valence-corrected chi connectivity index (χ0v) is 10.1. The number of rotatable bonds is 4. The minimum atomic E-state index is -0.866. The van der Waals surface area contributed by atoms with Gasteiger partial charge in [0, 0.05) is 19.2 Å². The van der Waals surface area contributed by atoms with Crippen LogP contribution in [0, 0.1) is 5.82 Å². The molecular formula is C13H17FN2O2. The largest absolute Gasteiger partial charge is 0.394 e. The van der Waals surface area contributed by atoms with E-state index in [1.807, 2.05) is 6.08 Å². The Morgan fingerprint density at radius 2 is 2.33 bits per heavy atom. The zero-order valence-electron chi connectivity index (χ0n) is 10.1. The van der Waals surface area contributed by atoms with Crippen molar-refractivity contribution in [1.82, 2.24) is 10.3 Å². The van der Waals surface area contributed by atoms with E-state index in [0.717, 1.165) is 25.1 Å². The van der Waals surface area contributed by atoms with Gasteiger partial charge in [-0.3, -0.25) is 4.98 Å². The highest BCUT2D eigenvalue weighted by atomic mass is 19.1. The molecule has 2 rings (SSSR count). The van der Waals surface area contributed by atoms with E-state index in [-0.39, 0.29) is 18.8 Å². The molecule has 18 heavy (non-hydrogen) atoms. The second kappa shape index (κ2) is 6.04. The monoisotopic (exact) mass is 252 g/mol. The first kappa shape index (κ1) is 13.1. The molecule has 98 valence electrons. The van der Waals surface area contributed by atoms with Gasteiger partial charge in [-0.05, 0) is 30.2 Å². The molecule has 3 N–H and O–H groups in total.